The molecular weight excluding hydrogens is 132 g/mol. The van der Waals surface area contributed by atoms with E-state index in [1.165, 1.54) is 0 Å². The fraction of sp³-hybridized carbons (Fsp3) is 0.571. The molecule has 1 aliphatic rings. The van der Waals surface area contributed by atoms with Crippen molar-refractivity contribution in [1.82, 2.24) is 0 Å². The third-order valence-electron chi connectivity index (χ3n) is 1.69. The predicted molar refractivity (Wildman–Crippen MR) is 35.7 cm³/mol. The van der Waals surface area contributed by atoms with Gasteiger partial charge in [0.05, 0.1) is 12.0 Å². The standard InChI is InChI=1S/C7H10O3/c1-2-6-5(7(8)9)3-4-10-6/h2,5-6H,1,3-4H2,(H,8,9)/t5-,6-/m0/s1. The summed E-state index contributed by atoms with van der Waals surface area (Å²) in [6.07, 6.45) is 1.87. The van der Waals surface area contributed by atoms with Crippen LogP contribution in [0.1, 0.15) is 6.42 Å². The smallest absolute Gasteiger partial charge is 0.309 e. The molecule has 1 aliphatic heterocycles. The Hall–Kier alpha value is -0.830. The number of hydrogen-bond acceptors (Lipinski definition) is 2. The molecule has 56 valence electrons. The molecule has 1 N–H and O–H groups in total. The Bertz CT molecular complexity index is 153. The zero-order chi connectivity index (χ0) is 7.56. The maximum atomic E-state index is 10.4. The van der Waals surface area contributed by atoms with Gasteiger partial charge >= 0.3 is 5.97 Å². The first-order valence-corrected chi connectivity index (χ1v) is 3.22. The van der Waals surface area contributed by atoms with Crippen molar-refractivity contribution >= 4 is 5.97 Å². The lowest BCUT2D eigenvalue weighted by atomic mass is 10.0. The van der Waals surface area contributed by atoms with Gasteiger partial charge in [0.15, 0.2) is 0 Å². The summed E-state index contributed by atoms with van der Waals surface area (Å²) >= 11 is 0. The van der Waals surface area contributed by atoms with Crippen molar-refractivity contribution in [2.24, 2.45) is 5.92 Å². The molecular formula is C7H10O3. The predicted octanol–water partition coefficient (Wildman–Crippen LogP) is 0.662. The zero-order valence-electron chi connectivity index (χ0n) is 5.62. The van der Waals surface area contributed by atoms with Crippen LogP contribution in [0.15, 0.2) is 12.7 Å². The molecule has 2 atom stereocenters. The Morgan fingerprint density at radius 1 is 1.80 bits per heavy atom. The van der Waals surface area contributed by atoms with Crippen molar-refractivity contribution in [3.8, 4) is 0 Å². The monoisotopic (exact) mass is 142 g/mol. The molecule has 0 unspecified atom stereocenters. The van der Waals surface area contributed by atoms with Crippen molar-refractivity contribution in [2.45, 2.75) is 12.5 Å². The number of rotatable bonds is 2. The normalized spacial score (nSPS) is 32.0. The van der Waals surface area contributed by atoms with E-state index in [2.05, 4.69) is 6.58 Å². The summed E-state index contributed by atoms with van der Waals surface area (Å²) in [5.41, 5.74) is 0. The molecule has 0 bridgehead atoms. The molecule has 0 radical (unpaired) electrons. The fourth-order valence-corrected chi connectivity index (χ4v) is 1.11. The van der Waals surface area contributed by atoms with E-state index < -0.39 is 5.97 Å². The molecule has 0 aromatic carbocycles. The van der Waals surface area contributed by atoms with Gasteiger partial charge in [-0.15, -0.1) is 6.58 Å². The molecule has 3 heteroatoms. The minimum absolute atomic E-state index is 0.280. The first kappa shape index (κ1) is 7.28. The largest absolute Gasteiger partial charge is 0.481 e. The van der Waals surface area contributed by atoms with Gasteiger partial charge in [-0.1, -0.05) is 6.08 Å². The lowest BCUT2D eigenvalue weighted by molar-refractivity contribution is -0.142. The van der Waals surface area contributed by atoms with Gasteiger partial charge in [0.25, 0.3) is 0 Å². The minimum atomic E-state index is -0.789. The van der Waals surface area contributed by atoms with Gasteiger partial charge in [0.2, 0.25) is 0 Å². The van der Waals surface area contributed by atoms with Gasteiger partial charge < -0.3 is 9.84 Å². The maximum absolute atomic E-state index is 10.4. The van der Waals surface area contributed by atoms with Crippen molar-refractivity contribution < 1.29 is 14.6 Å². The third-order valence-corrected chi connectivity index (χ3v) is 1.69. The van der Waals surface area contributed by atoms with Crippen LogP contribution in [0, 0.1) is 5.92 Å². The molecule has 0 amide bonds. The van der Waals surface area contributed by atoms with Crippen LogP contribution in [0.5, 0.6) is 0 Å². The molecule has 0 aromatic rings. The highest BCUT2D eigenvalue weighted by Gasteiger charge is 2.31. The first-order valence-electron chi connectivity index (χ1n) is 3.22. The lowest BCUT2D eigenvalue weighted by Crippen LogP contribution is -2.21. The quantitative estimate of drug-likeness (QED) is 0.576. The van der Waals surface area contributed by atoms with Crippen molar-refractivity contribution in [3.05, 3.63) is 12.7 Å². The summed E-state index contributed by atoms with van der Waals surface area (Å²) in [7, 11) is 0. The number of carboxylic acids is 1. The van der Waals surface area contributed by atoms with Gasteiger partial charge in [0, 0.05) is 6.61 Å². The molecule has 1 heterocycles. The SMILES string of the molecule is C=C[C@@H]1OCC[C@@H]1C(=O)O. The van der Waals surface area contributed by atoms with E-state index in [1.807, 2.05) is 0 Å². The van der Waals surface area contributed by atoms with Crippen LogP contribution in [0.3, 0.4) is 0 Å². The van der Waals surface area contributed by atoms with Gasteiger partial charge in [0.1, 0.15) is 0 Å². The highest BCUT2D eigenvalue weighted by Crippen LogP contribution is 2.21. The summed E-state index contributed by atoms with van der Waals surface area (Å²) < 4.78 is 5.08. The van der Waals surface area contributed by atoms with Crippen LogP contribution in [-0.4, -0.2) is 23.8 Å². The van der Waals surface area contributed by atoms with E-state index in [-0.39, 0.29) is 12.0 Å². The molecule has 10 heavy (non-hydrogen) atoms. The van der Waals surface area contributed by atoms with E-state index in [9.17, 15) is 4.79 Å². The molecule has 1 rings (SSSR count). The van der Waals surface area contributed by atoms with Gasteiger partial charge in [-0.3, -0.25) is 4.79 Å². The van der Waals surface area contributed by atoms with Crippen LogP contribution >= 0.6 is 0 Å². The lowest BCUT2D eigenvalue weighted by Gasteiger charge is -2.07. The topological polar surface area (TPSA) is 46.5 Å². The molecule has 3 nitrogen and oxygen atoms in total. The third kappa shape index (κ3) is 1.19. The van der Waals surface area contributed by atoms with E-state index in [1.54, 1.807) is 6.08 Å². The Morgan fingerprint density at radius 2 is 2.50 bits per heavy atom. The summed E-state index contributed by atoms with van der Waals surface area (Å²) in [4.78, 5) is 10.4. The van der Waals surface area contributed by atoms with Crippen LogP contribution in [-0.2, 0) is 9.53 Å². The zero-order valence-corrected chi connectivity index (χ0v) is 5.62. The second kappa shape index (κ2) is 2.84. The first-order chi connectivity index (χ1) is 4.75. The Labute approximate surface area is 59.3 Å². The maximum Gasteiger partial charge on any atom is 0.309 e. The summed E-state index contributed by atoms with van der Waals surface area (Å²) in [6.45, 7) is 4.02. The van der Waals surface area contributed by atoms with Gasteiger partial charge in [-0.2, -0.15) is 0 Å². The van der Waals surface area contributed by atoms with Gasteiger partial charge in [-0.25, -0.2) is 0 Å². The molecule has 0 aliphatic carbocycles. The van der Waals surface area contributed by atoms with Gasteiger partial charge in [-0.05, 0) is 6.42 Å². The average Bonchev–Trinajstić information content (AvgIpc) is 2.33. The van der Waals surface area contributed by atoms with Crippen molar-refractivity contribution in [3.63, 3.8) is 0 Å². The molecule has 1 saturated heterocycles. The highest BCUT2D eigenvalue weighted by atomic mass is 16.5. The van der Waals surface area contributed by atoms with E-state index in [0.717, 1.165) is 0 Å². The van der Waals surface area contributed by atoms with E-state index in [0.29, 0.717) is 13.0 Å². The summed E-state index contributed by atoms with van der Waals surface area (Å²) in [6, 6.07) is 0. The Balaban J connectivity index is 2.58. The summed E-state index contributed by atoms with van der Waals surface area (Å²) in [5.74, 6) is -1.17. The van der Waals surface area contributed by atoms with Crippen LogP contribution in [0.2, 0.25) is 0 Å². The average molecular weight is 142 g/mol. The molecule has 1 fully saturated rings. The van der Waals surface area contributed by atoms with Crippen LogP contribution < -0.4 is 0 Å². The molecule has 0 aromatic heterocycles. The number of ether oxygens (including phenoxy) is 1. The minimum Gasteiger partial charge on any atom is -0.481 e. The Morgan fingerprint density at radius 3 is 2.90 bits per heavy atom. The number of aliphatic carboxylic acids is 1. The Kier molecular flexibility index (Phi) is 2.06. The van der Waals surface area contributed by atoms with Crippen LogP contribution in [0.4, 0.5) is 0 Å². The number of carbonyl (C=O) groups is 1. The van der Waals surface area contributed by atoms with Crippen molar-refractivity contribution in [2.75, 3.05) is 6.61 Å². The highest BCUT2D eigenvalue weighted by molar-refractivity contribution is 5.71. The summed E-state index contributed by atoms with van der Waals surface area (Å²) in [5, 5.41) is 8.59. The van der Waals surface area contributed by atoms with E-state index in [4.69, 9.17) is 9.84 Å². The van der Waals surface area contributed by atoms with E-state index >= 15 is 0 Å². The number of carboxylic acid groups (broad SMARTS) is 1. The van der Waals surface area contributed by atoms with Crippen LogP contribution in [0.25, 0.3) is 0 Å². The number of hydrogen-bond donors (Lipinski definition) is 1. The molecule has 0 saturated carbocycles. The second-order valence-electron chi connectivity index (χ2n) is 2.30. The fourth-order valence-electron chi connectivity index (χ4n) is 1.11. The molecule has 0 spiro atoms. The van der Waals surface area contributed by atoms with Crippen molar-refractivity contribution in [1.29, 1.82) is 0 Å². The second-order valence-corrected chi connectivity index (χ2v) is 2.30.